The summed E-state index contributed by atoms with van der Waals surface area (Å²) in [6.07, 6.45) is 0. The predicted octanol–water partition coefficient (Wildman–Crippen LogP) is 3.03. The highest BCUT2D eigenvalue weighted by molar-refractivity contribution is 9.10. The topological polar surface area (TPSA) is 101 Å². The van der Waals surface area contributed by atoms with E-state index in [2.05, 4.69) is 26.6 Å². The summed E-state index contributed by atoms with van der Waals surface area (Å²) < 4.78 is 0.845. The molecule has 124 valence electrons. The van der Waals surface area contributed by atoms with Crippen molar-refractivity contribution in [3.63, 3.8) is 0 Å². The molecule has 24 heavy (non-hydrogen) atoms. The molecule has 0 saturated carbocycles. The predicted molar refractivity (Wildman–Crippen MR) is 92.9 cm³/mol. The van der Waals surface area contributed by atoms with Crippen LogP contribution in [0.25, 0.3) is 0 Å². The Morgan fingerprint density at radius 1 is 1.17 bits per heavy atom. The smallest absolute Gasteiger partial charge is 0.274 e. The van der Waals surface area contributed by atoms with Gasteiger partial charge in [-0.15, -0.1) is 0 Å². The van der Waals surface area contributed by atoms with Crippen LogP contribution in [0.4, 0.5) is 11.4 Å². The van der Waals surface area contributed by atoms with Gasteiger partial charge in [-0.25, -0.2) is 0 Å². The van der Waals surface area contributed by atoms with Gasteiger partial charge in [-0.1, -0.05) is 22.0 Å². The Balaban J connectivity index is 1.94. The zero-order valence-corrected chi connectivity index (χ0v) is 14.3. The van der Waals surface area contributed by atoms with E-state index in [1.54, 1.807) is 43.3 Å². The molecule has 0 spiro atoms. The maximum absolute atomic E-state index is 11.9. The van der Waals surface area contributed by atoms with Crippen molar-refractivity contribution in [2.24, 2.45) is 0 Å². The van der Waals surface area contributed by atoms with E-state index >= 15 is 0 Å². The van der Waals surface area contributed by atoms with Gasteiger partial charge in [0.15, 0.2) is 0 Å². The Hall–Kier alpha value is -2.74. The molecular formula is C16H14BrN3O4. The minimum absolute atomic E-state index is 0.0771. The van der Waals surface area contributed by atoms with E-state index in [1.165, 1.54) is 6.07 Å². The van der Waals surface area contributed by atoms with Crippen molar-refractivity contribution in [2.75, 3.05) is 11.9 Å². The fraction of sp³-hybridized carbons (Fsp3) is 0.125. The van der Waals surface area contributed by atoms with Crippen LogP contribution in [0, 0.1) is 17.0 Å². The molecule has 2 aromatic carbocycles. The number of rotatable bonds is 5. The average Bonchev–Trinajstić information content (AvgIpc) is 2.55. The number of hydrogen-bond acceptors (Lipinski definition) is 4. The van der Waals surface area contributed by atoms with Gasteiger partial charge >= 0.3 is 0 Å². The molecule has 0 bridgehead atoms. The lowest BCUT2D eigenvalue weighted by Crippen LogP contribution is -2.32. The number of aryl methyl sites for hydroxylation is 1. The van der Waals surface area contributed by atoms with Crippen LogP contribution in [-0.2, 0) is 4.79 Å². The van der Waals surface area contributed by atoms with Crippen LogP contribution in [0.15, 0.2) is 46.9 Å². The third kappa shape index (κ3) is 4.63. The maximum Gasteiger partial charge on any atom is 0.274 e. The van der Waals surface area contributed by atoms with Gasteiger partial charge in [-0.05, 0) is 37.3 Å². The number of nitrogens with zero attached hydrogens (tertiary/aromatic N) is 1. The van der Waals surface area contributed by atoms with E-state index in [1.807, 2.05) is 0 Å². The van der Waals surface area contributed by atoms with Crippen LogP contribution < -0.4 is 10.6 Å². The van der Waals surface area contributed by atoms with Gasteiger partial charge in [0.2, 0.25) is 5.91 Å². The molecule has 0 aliphatic carbocycles. The Bertz CT molecular complexity index is 790. The molecule has 2 amide bonds. The zero-order chi connectivity index (χ0) is 17.7. The van der Waals surface area contributed by atoms with Gasteiger partial charge in [0.05, 0.1) is 11.5 Å². The molecule has 0 unspecified atom stereocenters. The second-order valence-electron chi connectivity index (χ2n) is 5.00. The molecular weight excluding hydrogens is 378 g/mol. The summed E-state index contributed by atoms with van der Waals surface area (Å²) in [4.78, 5) is 34.1. The van der Waals surface area contributed by atoms with Crippen molar-refractivity contribution < 1.29 is 14.5 Å². The van der Waals surface area contributed by atoms with Gasteiger partial charge in [0, 0.05) is 27.4 Å². The largest absolute Gasteiger partial charge is 0.343 e. The molecule has 0 heterocycles. The highest BCUT2D eigenvalue weighted by atomic mass is 79.9. The second kappa shape index (κ2) is 7.69. The maximum atomic E-state index is 11.9. The minimum Gasteiger partial charge on any atom is -0.343 e. The third-order valence-corrected chi connectivity index (χ3v) is 3.73. The lowest BCUT2D eigenvalue weighted by Gasteiger charge is -2.08. The molecule has 2 rings (SSSR count). The average molecular weight is 392 g/mol. The summed E-state index contributed by atoms with van der Waals surface area (Å²) in [6, 6.07) is 11.1. The van der Waals surface area contributed by atoms with Gasteiger partial charge in [0.25, 0.3) is 11.6 Å². The lowest BCUT2D eigenvalue weighted by atomic mass is 10.2. The number of hydrogen-bond donors (Lipinski definition) is 2. The van der Waals surface area contributed by atoms with E-state index in [9.17, 15) is 19.7 Å². The summed E-state index contributed by atoms with van der Waals surface area (Å²) in [5.74, 6) is -0.855. The summed E-state index contributed by atoms with van der Waals surface area (Å²) in [6.45, 7) is 1.37. The van der Waals surface area contributed by atoms with Crippen molar-refractivity contribution >= 4 is 39.1 Å². The third-order valence-electron chi connectivity index (χ3n) is 3.21. The van der Waals surface area contributed by atoms with Crippen molar-refractivity contribution in [3.05, 3.63) is 68.2 Å². The highest BCUT2D eigenvalue weighted by Gasteiger charge is 2.13. The normalized spacial score (nSPS) is 10.1. The molecule has 0 aromatic heterocycles. The van der Waals surface area contributed by atoms with Crippen molar-refractivity contribution in [1.29, 1.82) is 0 Å². The molecule has 0 aliphatic heterocycles. The fourth-order valence-electron chi connectivity index (χ4n) is 1.95. The van der Waals surface area contributed by atoms with Crippen LogP contribution in [0.2, 0.25) is 0 Å². The first-order chi connectivity index (χ1) is 11.4. The molecule has 7 nitrogen and oxygen atoms in total. The molecule has 2 aromatic rings. The molecule has 2 N–H and O–H groups in total. The molecule has 0 radical (unpaired) electrons. The van der Waals surface area contributed by atoms with Crippen molar-refractivity contribution in [3.8, 4) is 0 Å². The lowest BCUT2D eigenvalue weighted by molar-refractivity contribution is -0.385. The van der Waals surface area contributed by atoms with Crippen LogP contribution in [0.3, 0.4) is 0 Å². The Morgan fingerprint density at radius 2 is 1.83 bits per heavy atom. The summed E-state index contributed by atoms with van der Waals surface area (Å²) in [5, 5.41) is 15.9. The number of nitrogens with one attached hydrogen (secondary N) is 2. The quantitative estimate of drug-likeness (QED) is 0.603. The number of benzene rings is 2. The highest BCUT2D eigenvalue weighted by Crippen LogP contribution is 2.22. The number of carbonyl (C=O) groups excluding carboxylic acids is 2. The first-order valence-electron chi connectivity index (χ1n) is 6.95. The Kier molecular flexibility index (Phi) is 5.64. The molecule has 0 aliphatic rings. The monoisotopic (exact) mass is 391 g/mol. The molecule has 0 saturated heterocycles. The van der Waals surface area contributed by atoms with Gasteiger partial charge in [0.1, 0.15) is 0 Å². The van der Waals surface area contributed by atoms with Crippen molar-refractivity contribution in [1.82, 2.24) is 5.32 Å². The number of nitro groups is 1. The Labute approximate surface area is 146 Å². The van der Waals surface area contributed by atoms with E-state index in [-0.39, 0.29) is 18.1 Å². The number of amides is 2. The molecule has 8 heteroatoms. The number of carbonyl (C=O) groups is 2. The second-order valence-corrected chi connectivity index (χ2v) is 5.91. The Morgan fingerprint density at radius 3 is 2.46 bits per heavy atom. The van der Waals surface area contributed by atoms with E-state index < -0.39 is 10.8 Å². The standard InChI is InChI=1S/C16H14BrN3O4/c1-10-2-7-13(8-14(10)20(23)24)19-15(21)9-18-16(22)11-3-5-12(17)6-4-11/h2-8H,9H2,1H3,(H,18,22)(H,19,21). The van der Waals surface area contributed by atoms with E-state index in [4.69, 9.17) is 0 Å². The first-order valence-corrected chi connectivity index (χ1v) is 7.75. The summed E-state index contributed by atoms with van der Waals surface area (Å²) in [5.41, 5.74) is 1.15. The van der Waals surface area contributed by atoms with E-state index in [0.717, 1.165) is 4.47 Å². The SMILES string of the molecule is Cc1ccc(NC(=O)CNC(=O)c2ccc(Br)cc2)cc1[N+](=O)[O-]. The first kappa shape index (κ1) is 17.6. The van der Waals surface area contributed by atoms with Crippen LogP contribution >= 0.6 is 15.9 Å². The van der Waals surface area contributed by atoms with Gasteiger partial charge in [-0.2, -0.15) is 0 Å². The van der Waals surface area contributed by atoms with Gasteiger partial charge in [-0.3, -0.25) is 19.7 Å². The fourth-order valence-corrected chi connectivity index (χ4v) is 2.22. The van der Waals surface area contributed by atoms with Crippen LogP contribution in [0.5, 0.6) is 0 Å². The number of halogens is 1. The van der Waals surface area contributed by atoms with Crippen molar-refractivity contribution in [2.45, 2.75) is 6.92 Å². The molecule has 0 fully saturated rings. The minimum atomic E-state index is -0.514. The van der Waals surface area contributed by atoms with Crippen LogP contribution in [0.1, 0.15) is 15.9 Å². The molecule has 0 atom stereocenters. The summed E-state index contributed by atoms with van der Waals surface area (Å²) >= 11 is 3.27. The number of anilines is 1. The van der Waals surface area contributed by atoms with E-state index in [0.29, 0.717) is 16.8 Å². The number of nitro benzene ring substituents is 1. The van der Waals surface area contributed by atoms with Gasteiger partial charge < -0.3 is 10.6 Å². The summed E-state index contributed by atoms with van der Waals surface area (Å²) in [7, 11) is 0. The van der Waals surface area contributed by atoms with Crippen LogP contribution in [-0.4, -0.2) is 23.3 Å². The zero-order valence-electron chi connectivity index (χ0n) is 12.7.